The van der Waals surface area contributed by atoms with E-state index in [1.807, 2.05) is 42.6 Å². The molecule has 0 atom stereocenters. The summed E-state index contributed by atoms with van der Waals surface area (Å²) in [5.74, 6) is 0.920. The van der Waals surface area contributed by atoms with Crippen LogP contribution in [0.25, 0.3) is 11.0 Å². The van der Waals surface area contributed by atoms with E-state index in [1.165, 1.54) is 11.3 Å². The number of carbonyl (C=O) groups excluding carboxylic acids is 1. The van der Waals surface area contributed by atoms with Crippen LogP contribution < -0.4 is 0 Å². The molecule has 3 nitrogen and oxygen atoms in total. The van der Waals surface area contributed by atoms with Crippen molar-refractivity contribution in [1.82, 2.24) is 9.97 Å². The van der Waals surface area contributed by atoms with Gasteiger partial charge in [-0.25, -0.2) is 4.98 Å². The minimum absolute atomic E-state index is 0.0579. The Morgan fingerprint density at radius 3 is 3.00 bits per heavy atom. The van der Waals surface area contributed by atoms with Crippen molar-refractivity contribution in [2.24, 2.45) is 0 Å². The van der Waals surface area contributed by atoms with E-state index in [-0.39, 0.29) is 5.78 Å². The van der Waals surface area contributed by atoms with E-state index in [1.54, 1.807) is 0 Å². The number of aromatic nitrogens is 2. The lowest BCUT2D eigenvalue weighted by Gasteiger charge is -1.97. The highest BCUT2D eigenvalue weighted by Gasteiger charge is 2.11. The summed E-state index contributed by atoms with van der Waals surface area (Å²) in [7, 11) is 0. The SMILES string of the molecule is Cc1nc2cc(C(=O)c3cccs3)ccc2[nH]1. The molecule has 1 N–H and O–H groups in total. The molecule has 0 fully saturated rings. The van der Waals surface area contributed by atoms with Crippen molar-refractivity contribution in [3.8, 4) is 0 Å². The topological polar surface area (TPSA) is 45.8 Å². The Kier molecular flexibility index (Phi) is 2.30. The maximum absolute atomic E-state index is 12.1. The molecule has 0 aliphatic carbocycles. The van der Waals surface area contributed by atoms with Crippen LogP contribution in [0.2, 0.25) is 0 Å². The van der Waals surface area contributed by atoms with Crippen LogP contribution in [0.15, 0.2) is 35.7 Å². The average molecular weight is 242 g/mol. The normalized spacial score (nSPS) is 10.9. The molecule has 3 rings (SSSR count). The van der Waals surface area contributed by atoms with Gasteiger partial charge in [-0.3, -0.25) is 4.79 Å². The van der Waals surface area contributed by atoms with Gasteiger partial charge in [0.1, 0.15) is 5.82 Å². The molecule has 0 unspecified atom stereocenters. The molecular weight excluding hydrogens is 232 g/mol. The summed E-state index contributed by atoms with van der Waals surface area (Å²) < 4.78 is 0. The highest BCUT2D eigenvalue weighted by atomic mass is 32.1. The number of aromatic amines is 1. The molecule has 17 heavy (non-hydrogen) atoms. The van der Waals surface area contributed by atoms with Crippen LogP contribution >= 0.6 is 11.3 Å². The second-order valence-corrected chi connectivity index (χ2v) is 4.81. The van der Waals surface area contributed by atoms with Gasteiger partial charge in [0, 0.05) is 5.56 Å². The molecule has 84 valence electrons. The third kappa shape index (κ3) is 1.76. The lowest BCUT2D eigenvalue weighted by atomic mass is 10.1. The number of ketones is 1. The number of carbonyl (C=O) groups is 1. The molecule has 0 saturated carbocycles. The molecular formula is C13H10N2OS. The van der Waals surface area contributed by atoms with Gasteiger partial charge in [-0.15, -0.1) is 11.3 Å². The summed E-state index contributed by atoms with van der Waals surface area (Å²) in [6.07, 6.45) is 0. The van der Waals surface area contributed by atoms with Gasteiger partial charge in [0.15, 0.2) is 0 Å². The zero-order valence-electron chi connectivity index (χ0n) is 9.23. The summed E-state index contributed by atoms with van der Waals surface area (Å²) in [6.45, 7) is 1.90. The van der Waals surface area contributed by atoms with E-state index in [2.05, 4.69) is 9.97 Å². The number of fused-ring (bicyclic) bond motifs is 1. The highest BCUT2D eigenvalue weighted by molar-refractivity contribution is 7.12. The number of nitrogens with zero attached hydrogens (tertiary/aromatic N) is 1. The van der Waals surface area contributed by atoms with Gasteiger partial charge in [0.25, 0.3) is 0 Å². The van der Waals surface area contributed by atoms with Gasteiger partial charge in [0.2, 0.25) is 5.78 Å². The number of nitrogens with one attached hydrogen (secondary N) is 1. The lowest BCUT2D eigenvalue weighted by Crippen LogP contribution is -1.97. The van der Waals surface area contributed by atoms with Crippen molar-refractivity contribution in [3.05, 3.63) is 52.0 Å². The second-order valence-electron chi connectivity index (χ2n) is 3.86. The molecule has 0 spiro atoms. The minimum atomic E-state index is 0.0579. The van der Waals surface area contributed by atoms with Gasteiger partial charge in [-0.2, -0.15) is 0 Å². The van der Waals surface area contributed by atoms with Crippen molar-refractivity contribution in [2.75, 3.05) is 0 Å². The van der Waals surface area contributed by atoms with E-state index < -0.39 is 0 Å². The van der Waals surface area contributed by atoms with Crippen molar-refractivity contribution in [1.29, 1.82) is 0 Å². The average Bonchev–Trinajstić information content (AvgIpc) is 2.94. The molecule has 1 aromatic carbocycles. The summed E-state index contributed by atoms with van der Waals surface area (Å²) in [5, 5.41) is 1.91. The van der Waals surface area contributed by atoms with Crippen LogP contribution in [-0.2, 0) is 0 Å². The zero-order chi connectivity index (χ0) is 11.8. The number of rotatable bonds is 2. The molecule has 0 radical (unpaired) electrons. The minimum Gasteiger partial charge on any atom is -0.342 e. The van der Waals surface area contributed by atoms with E-state index in [9.17, 15) is 4.79 Å². The van der Waals surface area contributed by atoms with Gasteiger partial charge in [-0.1, -0.05) is 6.07 Å². The van der Waals surface area contributed by atoms with Gasteiger partial charge < -0.3 is 4.98 Å². The van der Waals surface area contributed by atoms with Gasteiger partial charge in [0.05, 0.1) is 15.9 Å². The number of H-pyrrole nitrogens is 1. The summed E-state index contributed by atoms with van der Waals surface area (Å²) >= 11 is 1.46. The Labute approximate surface area is 102 Å². The molecule has 0 bridgehead atoms. The van der Waals surface area contributed by atoms with Crippen LogP contribution in [0, 0.1) is 6.92 Å². The molecule has 0 aliphatic rings. The summed E-state index contributed by atoms with van der Waals surface area (Å²) in [4.78, 5) is 20.4. The Morgan fingerprint density at radius 2 is 2.24 bits per heavy atom. The predicted octanol–water partition coefficient (Wildman–Crippen LogP) is 3.16. The largest absolute Gasteiger partial charge is 0.342 e. The molecule has 4 heteroatoms. The maximum Gasteiger partial charge on any atom is 0.203 e. The molecule has 3 aromatic rings. The van der Waals surface area contributed by atoms with Crippen LogP contribution in [0.4, 0.5) is 0 Å². The number of imidazole rings is 1. The van der Waals surface area contributed by atoms with E-state index in [0.717, 1.165) is 21.7 Å². The first-order chi connectivity index (χ1) is 8.24. The highest BCUT2D eigenvalue weighted by Crippen LogP contribution is 2.18. The lowest BCUT2D eigenvalue weighted by molar-refractivity contribution is 0.104. The monoisotopic (exact) mass is 242 g/mol. The van der Waals surface area contributed by atoms with Crippen molar-refractivity contribution in [3.63, 3.8) is 0 Å². The molecule has 2 heterocycles. The third-order valence-corrected chi connectivity index (χ3v) is 3.48. The standard InChI is InChI=1S/C13H10N2OS/c1-8-14-10-5-4-9(7-11(10)15-8)13(16)12-3-2-6-17-12/h2-7H,1H3,(H,14,15). The Balaban J connectivity index is 2.09. The first-order valence-electron chi connectivity index (χ1n) is 5.28. The van der Waals surface area contributed by atoms with Crippen LogP contribution in [0.5, 0.6) is 0 Å². The van der Waals surface area contributed by atoms with E-state index in [0.29, 0.717) is 5.56 Å². The first kappa shape index (κ1) is 10.2. The summed E-state index contributed by atoms with van der Waals surface area (Å²) in [6, 6.07) is 9.29. The second kappa shape index (κ2) is 3.82. The number of thiophene rings is 1. The Hall–Kier alpha value is -1.94. The zero-order valence-corrected chi connectivity index (χ0v) is 10.0. The molecule has 0 aliphatic heterocycles. The number of hydrogen-bond donors (Lipinski definition) is 1. The fraction of sp³-hybridized carbons (Fsp3) is 0.0769. The van der Waals surface area contributed by atoms with E-state index in [4.69, 9.17) is 0 Å². The predicted molar refractivity (Wildman–Crippen MR) is 68.6 cm³/mol. The summed E-state index contributed by atoms with van der Waals surface area (Å²) in [5.41, 5.74) is 2.49. The van der Waals surface area contributed by atoms with E-state index >= 15 is 0 Å². The first-order valence-corrected chi connectivity index (χ1v) is 6.16. The quantitative estimate of drug-likeness (QED) is 0.701. The molecule has 0 amide bonds. The molecule has 2 aromatic heterocycles. The van der Waals surface area contributed by atoms with Crippen molar-refractivity contribution in [2.45, 2.75) is 6.92 Å². The van der Waals surface area contributed by atoms with Crippen LogP contribution in [-0.4, -0.2) is 15.8 Å². The number of aryl methyl sites for hydroxylation is 1. The van der Waals surface area contributed by atoms with Crippen molar-refractivity contribution < 1.29 is 4.79 Å². The smallest absolute Gasteiger partial charge is 0.203 e. The van der Waals surface area contributed by atoms with Crippen LogP contribution in [0.1, 0.15) is 21.1 Å². The maximum atomic E-state index is 12.1. The number of benzene rings is 1. The molecule has 0 saturated heterocycles. The van der Waals surface area contributed by atoms with Crippen molar-refractivity contribution >= 4 is 28.2 Å². The Morgan fingerprint density at radius 1 is 1.35 bits per heavy atom. The van der Waals surface area contributed by atoms with Crippen LogP contribution in [0.3, 0.4) is 0 Å². The fourth-order valence-corrected chi connectivity index (χ4v) is 2.51. The van der Waals surface area contributed by atoms with Gasteiger partial charge >= 0.3 is 0 Å². The third-order valence-electron chi connectivity index (χ3n) is 2.61. The Bertz CT molecular complexity index is 683. The number of hydrogen-bond acceptors (Lipinski definition) is 3. The van der Waals surface area contributed by atoms with Gasteiger partial charge in [-0.05, 0) is 36.6 Å². The fourth-order valence-electron chi connectivity index (χ4n) is 1.82.